The van der Waals surface area contributed by atoms with Crippen molar-refractivity contribution in [2.75, 3.05) is 25.1 Å². The second-order valence-corrected chi connectivity index (χ2v) is 4.69. The quantitative estimate of drug-likeness (QED) is 0.468. The number of pyridine rings is 1. The topological polar surface area (TPSA) is 109 Å². The molecule has 2 heterocycles. The van der Waals surface area contributed by atoms with Gasteiger partial charge in [-0.15, -0.1) is 0 Å². The second-order valence-electron chi connectivity index (χ2n) is 4.69. The summed E-state index contributed by atoms with van der Waals surface area (Å²) >= 11 is 0. The fourth-order valence-electron chi connectivity index (χ4n) is 2.36. The van der Waals surface area contributed by atoms with Crippen LogP contribution in [0.25, 0.3) is 0 Å². The van der Waals surface area contributed by atoms with Crippen LogP contribution in [-0.4, -0.2) is 36.1 Å². The number of anilines is 1. The number of hydrogen-bond donors (Lipinski definition) is 0. The van der Waals surface area contributed by atoms with Gasteiger partial charge in [0.15, 0.2) is 0 Å². The van der Waals surface area contributed by atoms with Gasteiger partial charge in [0.2, 0.25) is 5.69 Å². The first-order valence-corrected chi connectivity index (χ1v) is 6.45. The van der Waals surface area contributed by atoms with Gasteiger partial charge in [-0.05, 0) is 18.9 Å². The molecule has 110 valence electrons. The summed E-state index contributed by atoms with van der Waals surface area (Å²) in [5, 5.41) is 19.7. The number of methoxy groups -OCH3 is 1. The third-order valence-corrected chi connectivity index (χ3v) is 3.52. The maximum Gasteiger partial charge on any atom is 0.308 e. The molecule has 0 aliphatic carbocycles. The molecule has 0 aromatic carbocycles. The van der Waals surface area contributed by atoms with Crippen LogP contribution in [0.5, 0.6) is 0 Å². The predicted octanol–water partition coefficient (Wildman–Crippen LogP) is 1.25. The Labute approximate surface area is 121 Å². The van der Waals surface area contributed by atoms with Crippen molar-refractivity contribution in [2.24, 2.45) is 5.92 Å². The van der Waals surface area contributed by atoms with Gasteiger partial charge < -0.3 is 9.64 Å². The standard InChI is InChI=1S/C13H14N4O4/c1-21-13(18)9-4-6-16(7-5-9)12-3-2-11(17(19)20)10(8-14)15-12/h2-3,9H,4-7H2,1H3. The van der Waals surface area contributed by atoms with Crippen LogP contribution in [0.2, 0.25) is 0 Å². The molecule has 1 fully saturated rings. The number of ether oxygens (including phenoxy) is 1. The van der Waals surface area contributed by atoms with Crippen molar-refractivity contribution in [3.63, 3.8) is 0 Å². The number of esters is 1. The Bertz CT molecular complexity index is 603. The number of nitriles is 1. The van der Waals surface area contributed by atoms with E-state index in [-0.39, 0.29) is 23.3 Å². The van der Waals surface area contributed by atoms with Crippen molar-refractivity contribution >= 4 is 17.5 Å². The highest BCUT2D eigenvalue weighted by Crippen LogP contribution is 2.25. The SMILES string of the molecule is COC(=O)C1CCN(c2ccc([N+](=O)[O-])c(C#N)n2)CC1. The first-order chi connectivity index (χ1) is 10.1. The number of carbonyl (C=O) groups is 1. The normalized spacial score (nSPS) is 15.3. The van der Waals surface area contributed by atoms with Crippen LogP contribution in [0.1, 0.15) is 18.5 Å². The summed E-state index contributed by atoms with van der Waals surface area (Å²) < 4.78 is 4.72. The molecule has 8 nitrogen and oxygen atoms in total. The minimum absolute atomic E-state index is 0.125. The lowest BCUT2D eigenvalue weighted by atomic mass is 9.97. The molecule has 1 aliphatic rings. The predicted molar refractivity (Wildman–Crippen MR) is 72.6 cm³/mol. The Balaban J connectivity index is 2.12. The Kier molecular flexibility index (Phi) is 4.33. The van der Waals surface area contributed by atoms with Gasteiger partial charge in [-0.2, -0.15) is 5.26 Å². The third kappa shape index (κ3) is 3.08. The van der Waals surface area contributed by atoms with E-state index in [0.717, 1.165) is 0 Å². The fourth-order valence-corrected chi connectivity index (χ4v) is 2.36. The van der Waals surface area contributed by atoms with E-state index < -0.39 is 4.92 Å². The summed E-state index contributed by atoms with van der Waals surface area (Å²) in [6.45, 7) is 1.19. The van der Waals surface area contributed by atoms with E-state index in [0.29, 0.717) is 31.7 Å². The highest BCUT2D eigenvalue weighted by molar-refractivity contribution is 5.72. The number of aromatic nitrogens is 1. The maximum absolute atomic E-state index is 11.5. The largest absolute Gasteiger partial charge is 0.469 e. The molecule has 0 radical (unpaired) electrons. The van der Waals surface area contributed by atoms with Gasteiger partial charge in [-0.25, -0.2) is 4.98 Å². The van der Waals surface area contributed by atoms with Crippen LogP contribution in [0.3, 0.4) is 0 Å². The van der Waals surface area contributed by atoms with E-state index in [1.54, 1.807) is 6.07 Å². The van der Waals surface area contributed by atoms with Gasteiger partial charge in [-0.1, -0.05) is 0 Å². The molecule has 8 heteroatoms. The Morgan fingerprint density at radius 3 is 2.71 bits per heavy atom. The fraction of sp³-hybridized carbons (Fsp3) is 0.462. The summed E-state index contributed by atoms with van der Waals surface area (Å²) in [6, 6.07) is 4.55. The summed E-state index contributed by atoms with van der Waals surface area (Å²) in [6.07, 6.45) is 1.26. The Morgan fingerprint density at radius 1 is 1.52 bits per heavy atom. The van der Waals surface area contributed by atoms with Crippen molar-refractivity contribution in [3.8, 4) is 6.07 Å². The van der Waals surface area contributed by atoms with Crippen molar-refractivity contribution in [2.45, 2.75) is 12.8 Å². The molecule has 0 saturated carbocycles. The van der Waals surface area contributed by atoms with E-state index in [1.807, 2.05) is 4.90 Å². The summed E-state index contributed by atoms with van der Waals surface area (Å²) in [7, 11) is 1.37. The van der Waals surface area contributed by atoms with Gasteiger partial charge in [0.1, 0.15) is 11.9 Å². The maximum atomic E-state index is 11.5. The summed E-state index contributed by atoms with van der Waals surface area (Å²) in [5.41, 5.74) is -0.502. The Hall–Kier alpha value is -2.69. The van der Waals surface area contributed by atoms with Crippen molar-refractivity contribution in [1.82, 2.24) is 4.98 Å². The second kappa shape index (κ2) is 6.17. The van der Waals surface area contributed by atoms with Crippen LogP contribution in [-0.2, 0) is 9.53 Å². The van der Waals surface area contributed by atoms with E-state index in [1.165, 1.54) is 19.2 Å². The summed E-state index contributed by atoms with van der Waals surface area (Å²) in [4.78, 5) is 27.5. The van der Waals surface area contributed by atoms with Gasteiger partial charge in [0.25, 0.3) is 0 Å². The molecular weight excluding hydrogens is 276 g/mol. The average molecular weight is 290 g/mol. The molecule has 1 aromatic heterocycles. The number of rotatable bonds is 3. The molecule has 0 unspecified atom stereocenters. The minimum atomic E-state index is -0.626. The first kappa shape index (κ1) is 14.7. The van der Waals surface area contributed by atoms with E-state index in [4.69, 9.17) is 10.00 Å². The van der Waals surface area contributed by atoms with Crippen LogP contribution >= 0.6 is 0 Å². The first-order valence-electron chi connectivity index (χ1n) is 6.45. The van der Waals surface area contributed by atoms with Crippen LogP contribution in [0.15, 0.2) is 12.1 Å². The highest BCUT2D eigenvalue weighted by Gasteiger charge is 2.27. The van der Waals surface area contributed by atoms with Gasteiger partial charge in [-0.3, -0.25) is 14.9 Å². The van der Waals surface area contributed by atoms with E-state index in [9.17, 15) is 14.9 Å². The zero-order valence-electron chi connectivity index (χ0n) is 11.5. The molecule has 2 rings (SSSR count). The number of piperidine rings is 1. The molecule has 0 spiro atoms. The molecule has 0 amide bonds. The van der Waals surface area contributed by atoms with Gasteiger partial charge >= 0.3 is 11.7 Å². The Morgan fingerprint density at radius 2 is 2.19 bits per heavy atom. The molecule has 0 bridgehead atoms. The third-order valence-electron chi connectivity index (χ3n) is 3.52. The van der Waals surface area contributed by atoms with Gasteiger partial charge in [0, 0.05) is 19.2 Å². The molecule has 0 atom stereocenters. The zero-order valence-corrected chi connectivity index (χ0v) is 11.5. The lowest BCUT2D eigenvalue weighted by molar-refractivity contribution is -0.385. The lowest BCUT2D eigenvalue weighted by Gasteiger charge is -2.31. The van der Waals surface area contributed by atoms with E-state index >= 15 is 0 Å². The van der Waals surface area contributed by atoms with Crippen molar-refractivity contribution < 1.29 is 14.5 Å². The average Bonchev–Trinajstić information content (AvgIpc) is 2.53. The van der Waals surface area contributed by atoms with Crippen LogP contribution in [0.4, 0.5) is 11.5 Å². The smallest absolute Gasteiger partial charge is 0.308 e. The number of hydrogen-bond acceptors (Lipinski definition) is 7. The monoisotopic (exact) mass is 290 g/mol. The van der Waals surface area contributed by atoms with Crippen molar-refractivity contribution in [3.05, 3.63) is 27.9 Å². The molecule has 1 aromatic rings. The lowest BCUT2D eigenvalue weighted by Crippen LogP contribution is -2.37. The molecule has 21 heavy (non-hydrogen) atoms. The van der Waals surface area contributed by atoms with Crippen LogP contribution < -0.4 is 4.90 Å². The molecule has 1 aliphatic heterocycles. The molecule has 0 N–H and O–H groups in total. The van der Waals surface area contributed by atoms with Crippen molar-refractivity contribution in [1.29, 1.82) is 5.26 Å². The van der Waals surface area contributed by atoms with E-state index in [2.05, 4.69) is 4.98 Å². The minimum Gasteiger partial charge on any atom is -0.469 e. The highest BCUT2D eigenvalue weighted by atomic mass is 16.6. The number of carbonyl (C=O) groups excluding carboxylic acids is 1. The van der Waals surface area contributed by atoms with Crippen LogP contribution in [0, 0.1) is 27.4 Å². The molecular formula is C13H14N4O4. The summed E-state index contributed by atoms with van der Waals surface area (Å²) in [5.74, 6) is 0.171. The number of nitro groups is 1. The molecule has 1 saturated heterocycles. The van der Waals surface area contributed by atoms with Gasteiger partial charge in [0.05, 0.1) is 18.0 Å². The number of nitrogens with zero attached hydrogens (tertiary/aromatic N) is 4. The zero-order chi connectivity index (χ0) is 15.4.